The number of amides is 2. The number of fused-ring (bicyclic) bond motifs is 2. The summed E-state index contributed by atoms with van der Waals surface area (Å²) >= 11 is 0. The van der Waals surface area contributed by atoms with Crippen LogP contribution in [0.25, 0.3) is 0 Å². The molecule has 1 unspecified atom stereocenters. The number of benzene rings is 2. The molecular formula is C22H21F2N3O4S. The van der Waals surface area contributed by atoms with Crippen LogP contribution < -0.4 is 15.4 Å². The standard InChI is InChI=1S/C22H21F2N3O4S/c23-13-2-3-18(17(24)9-13)32(30,31)27-14-10-15(12-4-7-25-19(28)8-12)20-16(11-14)22(5-1-6-22)21(29)26-20/h2-3,9-12,27H,1,4-8H2,(H,25,28)(H,26,29). The normalized spacial score (nSPS) is 21.5. The number of carbonyl (C=O) groups excluding carboxylic acids is 2. The summed E-state index contributed by atoms with van der Waals surface area (Å²) in [6.45, 7) is 0.480. The number of anilines is 2. The van der Waals surface area contributed by atoms with Gasteiger partial charge >= 0.3 is 0 Å². The summed E-state index contributed by atoms with van der Waals surface area (Å²) in [5.74, 6) is -2.51. The van der Waals surface area contributed by atoms with Crippen LogP contribution in [0.3, 0.4) is 0 Å². The van der Waals surface area contributed by atoms with Crippen LogP contribution in [-0.2, 0) is 25.0 Å². The van der Waals surface area contributed by atoms with Crippen molar-refractivity contribution in [2.45, 2.75) is 48.3 Å². The van der Waals surface area contributed by atoms with Gasteiger partial charge in [0.15, 0.2) is 0 Å². The second kappa shape index (κ2) is 7.26. The maximum Gasteiger partial charge on any atom is 0.264 e. The van der Waals surface area contributed by atoms with Crippen LogP contribution in [-0.4, -0.2) is 26.8 Å². The second-order valence-electron chi connectivity index (χ2n) is 8.60. The molecule has 1 saturated carbocycles. The number of halogens is 2. The van der Waals surface area contributed by atoms with E-state index in [1.165, 1.54) is 0 Å². The van der Waals surface area contributed by atoms with Gasteiger partial charge in [-0.2, -0.15) is 0 Å². The Kier molecular flexibility index (Phi) is 4.74. The van der Waals surface area contributed by atoms with Crippen LogP contribution in [0, 0.1) is 11.6 Å². The van der Waals surface area contributed by atoms with Crippen molar-refractivity contribution in [3.8, 4) is 0 Å². The lowest BCUT2D eigenvalue weighted by molar-refractivity contribution is -0.123. The van der Waals surface area contributed by atoms with Crippen molar-refractivity contribution in [1.29, 1.82) is 0 Å². The summed E-state index contributed by atoms with van der Waals surface area (Å²) in [7, 11) is -4.35. The van der Waals surface area contributed by atoms with Crippen molar-refractivity contribution in [1.82, 2.24) is 5.32 Å². The summed E-state index contributed by atoms with van der Waals surface area (Å²) in [4.78, 5) is 24.1. The van der Waals surface area contributed by atoms with Crippen LogP contribution in [0.4, 0.5) is 20.2 Å². The topological polar surface area (TPSA) is 104 Å². The Bertz CT molecular complexity index is 1260. The smallest absolute Gasteiger partial charge is 0.264 e. The Hall–Kier alpha value is -3.01. The minimum Gasteiger partial charge on any atom is -0.356 e. The molecule has 2 amide bonds. The van der Waals surface area contributed by atoms with E-state index in [2.05, 4.69) is 15.4 Å². The van der Waals surface area contributed by atoms with Crippen molar-refractivity contribution >= 4 is 33.2 Å². The number of hydrogen-bond acceptors (Lipinski definition) is 4. The maximum absolute atomic E-state index is 14.2. The molecule has 5 rings (SSSR count). The van der Waals surface area contributed by atoms with Crippen LogP contribution in [0.5, 0.6) is 0 Å². The third-order valence-electron chi connectivity index (χ3n) is 6.69. The number of hydrogen-bond donors (Lipinski definition) is 3. The van der Waals surface area contributed by atoms with E-state index in [1.54, 1.807) is 12.1 Å². The molecule has 3 aliphatic rings. The predicted octanol–water partition coefficient (Wildman–Crippen LogP) is 3.13. The molecule has 2 fully saturated rings. The third-order valence-corrected chi connectivity index (χ3v) is 8.10. The molecule has 0 radical (unpaired) electrons. The molecule has 2 aromatic rings. The predicted molar refractivity (Wildman–Crippen MR) is 113 cm³/mol. The van der Waals surface area contributed by atoms with Gasteiger partial charge in [0, 0.05) is 30.4 Å². The van der Waals surface area contributed by atoms with E-state index >= 15 is 0 Å². The molecule has 2 aromatic carbocycles. The SMILES string of the molecule is O=C1CC(c2cc(NS(=O)(=O)c3ccc(F)cc3F)cc3c2NC(=O)C32CCC2)CCN1. The Morgan fingerprint density at radius 3 is 2.53 bits per heavy atom. The zero-order valence-corrected chi connectivity index (χ0v) is 17.8. The van der Waals surface area contributed by atoms with E-state index in [-0.39, 0.29) is 29.8 Å². The third kappa shape index (κ3) is 3.24. The van der Waals surface area contributed by atoms with E-state index < -0.39 is 32.0 Å². The summed E-state index contributed by atoms with van der Waals surface area (Å²) in [5.41, 5.74) is 1.51. The van der Waals surface area contributed by atoms with Crippen molar-refractivity contribution in [3.05, 3.63) is 53.1 Å². The van der Waals surface area contributed by atoms with E-state index in [4.69, 9.17) is 0 Å². The lowest BCUT2D eigenvalue weighted by Gasteiger charge is -2.36. The minimum absolute atomic E-state index is 0.114. The number of piperidine rings is 1. The highest BCUT2D eigenvalue weighted by Gasteiger charge is 2.52. The first-order valence-corrected chi connectivity index (χ1v) is 11.9. The number of rotatable bonds is 4. The van der Waals surface area contributed by atoms with Crippen LogP contribution >= 0.6 is 0 Å². The van der Waals surface area contributed by atoms with Gasteiger partial charge in [-0.25, -0.2) is 17.2 Å². The highest BCUT2D eigenvalue weighted by Crippen LogP contribution is 2.54. The van der Waals surface area contributed by atoms with Crippen molar-refractivity contribution in [2.75, 3.05) is 16.6 Å². The molecule has 0 bridgehead atoms. The van der Waals surface area contributed by atoms with Gasteiger partial charge < -0.3 is 10.6 Å². The zero-order valence-electron chi connectivity index (χ0n) is 17.0. The lowest BCUT2D eigenvalue weighted by Crippen LogP contribution is -2.40. The molecule has 168 valence electrons. The minimum atomic E-state index is -4.35. The van der Waals surface area contributed by atoms with Gasteiger partial charge in [0.1, 0.15) is 16.5 Å². The van der Waals surface area contributed by atoms with Crippen molar-refractivity contribution < 1.29 is 26.8 Å². The first-order valence-electron chi connectivity index (χ1n) is 10.4. The summed E-state index contributed by atoms with van der Waals surface area (Å²) in [5, 5.41) is 5.73. The molecule has 7 nitrogen and oxygen atoms in total. The van der Waals surface area contributed by atoms with Crippen molar-refractivity contribution in [2.24, 2.45) is 0 Å². The average molecular weight is 461 g/mol. The molecule has 10 heteroatoms. The first kappa shape index (κ1) is 20.9. The molecule has 2 heterocycles. The average Bonchev–Trinajstić information content (AvgIpc) is 2.98. The summed E-state index contributed by atoms with van der Waals surface area (Å²) in [6, 6.07) is 5.45. The highest BCUT2D eigenvalue weighted by atomic mass is 32.2. The molecule has 3 N–H and O–H groups in total. The first-order chi connectivity index (χ1) is 15.2. The van der Waals surface area contributed by atoms with Crippen LogP contribution in [0.15, 0.2) is 35.2 Å². The van der Waals surface area contributed by atoms with Gasteiger partial charge in [0.25, 0.3) is 10.0 Å². The van der Waals surface area contributed by atoms with Crippen LogP contribution in [0.1, 0.15) is 49.1 Å². The second-order valence-corrected chi connectivity index (χ2v) is 10.2. The van der Waals surface area contributed by atoms with E-state index in [0.29, 0.717) is 48.7 Å². The Balaban J connectivity index is 1.60. The maximum atomic E-state index is 14.2. The molecule has 1 saturated heterocycles. The number of nitrogens with one attached hydrogen (secondary N) is 3. The van der Waals surface area contributed by atoms with Gasteiger partial charge in [-0.1, -0.05) is 6.42 Å². The molecular weight excluding hydrogens is 440 g/mol. The molecule has 1 spiro atoms. The van der Waals surface area contributed by atoms with Crippen molar-refractivity contribution in [3.63, 3.8) is 0 Å². The van der Waals surface area contributed by atoms with Crippen LogP contribution in [0.2, 0.25) is 0 Å². The van der Waals surface area contributed by atoms with Gasteiger partial charge in [-0.15, -0.1) is 0 Å². The Labute approximate surface area is 183 Å². The van der Waals surface area contributed by atoms with E-state index in [1.807, 2.05) is 0 Å². The summed E-state index contributed by atoms with van der Waals surface area (Å²) < 4.78 is 55.5. The fourth-order valence-corrected chi connectivity index (χ4v) is 6.00. The lowest BCUT2D eigenvalue weighted by atomic mass is 9.65. The molecule has 1 atom stereocenters. The Morgan fingerprint density at radius 1 is 1.09 bits per heavy atom. The molecule has 1 aliphatic carbocycles. The number of carbonyl (C=O) groups is 2. The van der Waals surface area contributed by atoms with Gasteiger partial charge in [-0.3, -0.25) is 14.3 Å². The molecule has 0 aromatic heterocycles. The van der Waals surface area contributed by atoms with Gasteiger partial charge in [0.2, 0.25) is 11.8 Å². The molecule has 32 heavy (non-hydrogen) atoms. The zero-order chi connectivity index (χ0) is 22.7. The van der Waals surface area contributed by atoms with E-state index in [0.717, 1.165) is 18.6 Å². The highest BCUT2D eigenvalue weighted by molar-refractivity contribution is 7.92. The molecule has 2 aliphatic heterocycles. The fraction of sp³-hybridized carbons (Fsp3) is 0.364. The Morgan fingerprint density at radius 2 is 1.88 bits per heavy atom. The van der Waals surface area contributed by atoms with Gasteiger partial charge in [0.05, 0.1) is 5.41 Å². The quantitative estimate of drug-likeness (QED) is 0.651. The fourth-order valence-electron chi connectivity index (χ4n) is 4.90. The number of sulfonamides is 1. The van der Waals surface area contributed by atoms with E-state index in [9.17, 15) is 26.8 Å². The monoisotopic (exact) mass is 461 g/mol. The largest absolute Gasteiger partial charge is 0.356 e. The summed E-state index contributed by atoms with van der Waals surface area (Å²) in [6.07, 6.45) is 3.05. The van der Waals surface area contributed by atoms with Gasteiger partial charge in [-0.05, 0) is 60.6 Å².